The molecule has 4 nitrogen and oxygen atoms in total. The number of para-hydroxylation sites is 1. The minimum absolute atomic E-state index is 0.0875. The predicted molar refractivity (Wildman–Crippen MR) is 119 cm³/mol. The summed E-state index contributed by atoms with van der Waals surface area (Å²) < 4.78 is 54.2. The van der Waals surface area contributed by atoms with Crippen molar-refractivity contribution in [1.29, 1.82) is 5.26 Å². The van der Waals surface area contributed by atoms with Crippen LogP contribution in [-0.2, 0) is 0 Å². The van der Waals surface area contributed by atoms with Crippen molar-refractivity contribution >= 4 is 22.1 Å². The van der Waals surface area contributed by atoms with E-state index in [1.807, 2.05) is 43.3 Å². The van der Waals surface area contributed by atoms with Crippen LogP contribution >= 0.6 is 0 Å². The van der Waals surface area contributed by atoms with Gasteiger partial charge in [-0.05, 0) is 79.3 Å². The Bertz CT molecular complexity index is 1690. The number of aryl methyl sites for hydroxylation is 3. The minimum atomic E-state index is -2.57. The number of aromatic nitrogens is 2. The second-order valence-corrected chi connectivity index (χ2v) is 7.08. The van der Waals surface area contributed by atoms with E-state index in [1.165, 1.54) is 24.4 Å². The fraction of sp³-hybridized carbons (Fsp3) is 0.115. The zero-order valence-corrected chi connectivity index (χ0v) is 16.0. The van der Waals surface area contributed by atoms with Crippen LogP contribution in [0.3, 0.4) is 0 Å². The summed E-state index contributed by atoms with van der Waals surface area (Å²) in [4.78, 5) is 8.90. The fourth-order valence-electron chi connectivity index (χ4n) is 3.65. The number of nitriles is 1. The van der Waals surface area contributed by atoms with Gasteiger partial charge in [0.25, 0.3) is 0 Å². The molecule has 4 heteroatoms. The molecule has 0 atom stereocenters. The zero-order valence-electron chi connectivity index (χ0n) is 22.0. The highest BCUT2D eigenvalue weighted by molar-refractivity contribution is 6.08. The molecule has 0 aliphatic carbocycles. The van der Waals surface area contributed by atoms with Crippen LogP contribution in [0, 0.1) is 32.0 Å². The second-order valence-electron chi connectivity index (χ2n) is 7.08. The summed E-state index contributed by atoms with van der Waals surface area (Å²) in [5, 5.41) is 11.0. The van der Waals surface area contributed by atoms with E-state index in [0.29, 0.717) is 22.6 Å². The van der Waals surface area contributed by atoms with Crippen LogP contribution in [0.25, 0.3) is 44.5 Å². The number of fused-ring (bicyclic) bond motifs is 3. The molecule has 30 heavy (non-hydrogen) atoms. The highest BCUT2D eigenvalue weighted by atomic mass is 16.3. The van der Waals surface area contributed by atoms with Gasteiger partial charge in [-0.25, -0.2) is 4.98 Å². The Morgan fingerprint density at radius 1 is 0.933 bits per heavy atom. The summed E-state index contributed by atoms with van der Waals surface area (Å²) in [5.41, 5.74) is 3.26. The molecule has 144 valence electrons. The van der Waals surface area contributed by atoms with Gasteiger partial charge in [-0.15, -0.1) is 0 Å². The summed E-state index contributed by atoms with van der Waals surface area (Å²) in [6.07, 6.45) is 1.25. The van der Waals surface area contributed by atoms with Gasteiger partial charge in [0, 0.05) is 36.5 Å². The highest BCUT2D eigenvalue weighted by Gasteiger charge is 2.15. The van der Waals surface area contributed by atoms with Crippen molar-refractivity contribution < 1.29 is 12.6 Å². The summed E-state index contributed by atoms with van der Waals surface area (Å²) in [7, 11) is 0. The maximum Gasteiger partial charge on any atom is 0.227 e. The van der Waals surface area contributed by atoms with Crippen molar-refractivity contribution in [2.75, 3.05) is 0 Å². The minimum Gasteiger partial charge on any atom is -0.437 e. The van der Waals surface area contributed by atoms with Gasteiger partial charge in [-0.3, -0.25) is 4.98 Å². The second kappa shape index (κ2) is 6.82. The lowest BCUT2D eigenvalue weighted by Gasteiger charge is -2.12. The first-order valence-electron chi connectivity index (χ1n) is 12.3. The summed E-state index contributed by atoms with van der Waals surface area (Å²) >= 11 is 0. The number of benzene rings is 2. The molecule has 5 rings (SSSR count). The van der Waals surface area contributed by atoms with Crippen molar-refractivity contribution in [3.63, 3.8) is 0 Å². The normalized spacial score (nSPS) is 14.9. The smallest absolute Gasteiger partial charge is 0.227 e. The lowest BCUT2D eigenvalue weighted by Crippen LogP contribution is -1.92. The lowest BCUT2D eigenvalue weighted by atomic mass is 9.94. The van der Waals surface area contributed by atoms with E-state index in [2.05, 4.69) is 9.97 Å². The zero-order chi connectivity index (χ0) is 25.8. The van der Waals surface area contributed by atoms with Crippen molar-refractivity contribution in [3.05, 3.63) is 83.2 Å². The first-order chi connectivity index (χ1) is 17.0. The number of nitrogens with zero attached hydrogens (tertiary/aromatic N) is 3. The average Bonchev–Trinajstić information content (AvgIpc) is 3.19. The van der Waals surface area contributed by atoms with Crippen LogP contribution in [0.2, 0.25) is 0 Å². The molecule has 0 saturated carbocycles. The molecule has 0 bridgehead atoms. The third-order valence-electron chi connectivity index (χ3n) is 5.12. The molecule has 3 heterocycles. The Hall–Kier alpha value is -3.97. The monoisotopic (exact) mass is 395 g/mol. The van der Waals surface area contributed by atoms with E-state index in [1.54, 1.807) is 6.07 Å². The molecule has 0 unspecified atom stereocenters. The maximum absolute atomic E-state index is 9.29. The maximum atomic E-state index is 9.29. The number of hydrogen-bond acceptors (Lipinski definition) is 4. The highest BCUT2D eigenvalue weighted by Crippen LogP contribution is 2.36. The van der Waals surface area contributed by atoms with Crippen LogP contribution in [0.1, 0.15) is 30.6 Å². The van der Waals surface area contributed by atoms with Gasteiger partial charge in [-0.1, -0.05) is 18.2 Å². The van der Waals surface area contributed by atoms with Crippen LogP contribution in [0.5, 0.6) is 0 Å². The van der Waals surface area contributed by atoms with Crippen molar-refractivity contribution in [2.24, 2.45) is 0 Å². The largest absolute Gasteiger partial charge is 0.437 e. The van der Waals surface area contributed by atoms with E-state index < -0.39 is 13.7 Å². The van der Waals surface area contributed by atoms with Gasteiger partial charge < -0.3 is 4.42 Å². The van der Waals surface area contributed by atoms with E-state index in [-0.39, 0.29) is 27.8 Å². The molecule has 0 N–H and O–H groups in total. The average molecular weight is 395 g/mol. The van der Waals surface area contributed by atoms with Gasteiger partial charge in [-0.2, -0.15) is 5.26 Å². The standard InChI is InChI=1S/C26H19N3O/c1-15-11-18(13-27)8-10-19(15)23-12-24(28-14-16(23)2)22-6-4-5-20-21-9-7-17(3)29-26(21)30-25(20)22/h4-12,14H,1-3H3/i1D3,2D3. The topological polar surface area (TPSA) is 62.7 Å². The number of hydrogen-bond donors (Lipinski definition) is 0. The molecule has 0 fully saturated rings. The Morgan fingerprint density at radius 2 is 1.83 bits per heavy atom. The number of rotatable bonds is 2. The van der Waals surface area contributed by atoms with E-state index in [9.17, 15) is 5.26 Å². The molecule has 0 aliphatic heterocycles. The molecule has 0 spiro atoms. The van der Waals surface area contributed by atoms with Crippen LogP contribution in [0.15, 0.2) is 65.2 Å². The third kappa shape index (κ3) is 2.84. The Kier molecular flexibility index (Phi) is 2.86. The Balaban J connectivity index is 1.80. The number of pyridine rings is 2. The molecule has 0 radical (unpaired) electrons. The molecule has 0 amide bonds. The summed E-state index contributed by atoms with van der Waals surface area (Å²) in [6.45, 7) is -3.25. The lowest BCUT2D eigenvalue weighted by molar-refractivity contribution is 0.653. The summed E-state index contributed by atoms with van der Waals surface area (Å²) in [5.74, 6) is 0. The molecule has 2 aromatic carbocycles. The Labute approximate surface area is 182 Å². The van der Waals surface area contributed by atoms with Gasteiger partial charge in [0.15, 0.2) is 0 Å². The molecule has 3 aromatic heterocycles. The molecular weight excluding hydrogens is 370 g/mol. The van der Waals surface area contributed by atoms with Gasteiger partial charge in [0.1, 0.15) is 5.58 Å². The van der Waals surface area contributed by atoms with Crippen LogP contribution in [-0.4, -0.2) is 9.97 Å². The van der Waals surface area contributed by atoms with E-state index in [0.717, 1.165) is 16.5 Å². The van der Waals surface area contributed by atoms with Gasteiger partial charge >= 0.3 is 0 Å². The fourth-order valence-corrected chi connectivity index (χ4v) is 3.65. The van der Waals surface area contributed by atoms with E-state index in [4.69, 9.17) is 12.6 Å². The van der Waals surface area contributed by atoms with Gasteiger partial charge in [0.05, 0.1) is 17.3 Å². The molecule has 5 aromatic rings. The first kappa shape index (κ1) is 12.6. The Morgan fingerprint density at radius 3 is 2.67 bits per heavy atom. The SMILES string of the molecule is [2H]C([2H])([2H])c1cnc(-c2cccc3c2oc2nc(C)ccc23)cc1-c1ccc(C#N)cc1C([2H])([2H])[2H]. The van der Waals surface area contributed by atoms with Gasteiger partial charge in [0.2, 0.25) is 5.71 Å². The van der Waals surface area contributed by atoms with E-state index >= 15 is 0 Å². The van der Waals surface area contributed by atoms with Crippen LogP contribution < -0.4 is 0 Å². The predicted octanol–water partition coefficient (Wildman–Crippen LogP) is 6.51. The van der Waals surface area contributed by atoms with Crippen LogP contribution in [0.4, 0.5) is 0 Å². The molecule has 0 saturated heterocycles. The quantitative estimate of drug-likeness (QED) is 0.342. The molecule has 0 aliphatic rings. The third-order valence-corrected chi connectivity index (χ3v) is 5.12. The molecular formula is C26H19N3O. The van der Waals surface area contributed by atoms with Crippen molar-refractivity contribution in [1.82, 2.24) is 9.97 Å². The number of furan rings is 1. The summed E-state index contributed by atoms with van der Waals surface area (Å²) in [6, 6.07) is 17.1. The van der Waals surface area contributed by atoms with Crippen molar-refractivity contribution in [2.45, 2.75) is 20.6 Å². The first-order valence-corrected chi connectivity index (χ1v) is 9.32. The van der Waals surface area contributed by atoms with Crippen molar-refractivity contribution in [3.8, 4) is 28.5 Å².